The third kappa shape index (κ3) is 5.72. The van der Waals surface area contributed by atoms with E-state index in [2.05, 4.69) is 18.6 Å². The van der Waals surface area contributed by atoms with E-state index in [1.54, 1.807) is 24.3 Å². The van der Waals surface area contributed by atoms with Crippen LogP contribution in [-0.2, 0) is 15.8 Å². The van der Waals surface area contributed by atoms with Crippen LogP contribution in [0.25, 0.3) is 0 Å². The summed E-state index contributed by atoms with van der Waals surface area (Å²) in [4.78, 5) is 0. The highest BCUT2D eigenvalue weighted by molar-refractivity contribution is 7.88. The first-order valence-corrected chi connectivity index (χ1v) is 8.50. The summed E-state index contributed by atoms with van der Waals surface area (Å²) in [5.74, 6) is 0.450. The maximum Gasteiger partial charge on any atom is 0.216 e. The molecule has 1 aromatic rings. The molecule has 0 aliphatic rings. The van der Waals surface area contributed by atoms with Gasteiger partial charge >= 0.3 is 0 Å². The Morgan fingerprint density at radius 2 is 1.85 bits per heavy atom. The van der Waals surface area contributed by atoms with E-state index in [1.807, 2.05) is 13.0 Å². The number of hydrogen-bond donors (Lipinski definition) is 1. The largest absolute Gasteiger partial charge is 0.216 e. The van der Waals surface area contributed by atoms with Gasteiger partial charge in [0.2, 0.25) is 10.0 Å². The predicted molar refractivity (Wildman–Crippen MR) is 80.5 cm³/mol. The first kappa shape index (κ1) is 16.7. The third-order valence-corrected chi connectivity index (χ3v) is 4.75. The standard InChI is InChI=1S/C15H22N2O2S/c1-4-12(2)9-13(3)17-20(18,19)11-15-7-5-14(10-16)6-8-15/h5-8,12-13,17H,4,9,11H2,1-3H3. The molecule has 0 spiro atoms. The van der Waals surface area contributed by atoms with Gasteiger partial charge in [0, 0.05) is 6.04 Å². The van der Waals surface area contributed by atoms with E-state index in [0.717, 1.165) is 12.8 Å². The van der Waals surface area contributed by atoms with Crippen molar-refractivity contribution >= 4 is 10.0 Å². The van der Waals surface area contributed by atoms with E-state index in [0.29, 0.717) is 17.0 Å². The van der Waals surface area contributed by atoms with E-state index in [1.165, 1.54) is 0 Å². The van der Waals surface area contributed by atoms with Crippen molar-refractivity contribution in [1.29, 1.82) is 5.26 Å². The Kier molecular flexibility index (Phi) is 6.18. The van der Waals surface area contributed by atoms with Crippen molar-refractivity contribution in [2.75, 3.05) is 0 Å². The highest BCUT2D eigenvalue weighted by Gasteiger charge is 2.16. The van der Waals surface area contributed by atoms with Crippen molar-refractivity contribution in [3.8, 4) is 6.07 Å². The lowest BCUT2D eigenvalue weighted by Gasteiger charge is -2.17. The predicted octanol–water partition coefficient (Wildman–Crippen LogP) is 2.80. The van der Waals surface area contributed by atoms with Crippen LogP contribution < -0.4 is 4.72 Å². The topological polar surface area (TPSA) is 70.0 Å². The van der Waals surface area contributed by atoms with Gasteiger partial charge < -0.3 is 0 Å². The van der Waals surface area contributed by atoms with Crippen molar-refractivity contribution in [1.82, 2.24) is 4.72 Å². The van der Waals surface area contributed by atoms with Crippen LogP contribution in [0.3, 0.4) is 0 Å². The molecule has 0 heterocycles. The lowest BCUT2D eigenvalue weighted by atomic mass is 10.0. The minimum Gasteiger partial charge on any atom is -0.212 e. The van der Waals surface area contributed by atoms with Gasteiger partial charge in [-0.2, -0.15) is 5.26 Å². The highest BCUT2D eigenvalue weighted by atomic mass is 32.2. The summed E-state index contributed by atoms with van der Waals surface area (Å²) in [5, 5.41) is 8.71. The van der Waals surface area contributed by atoms with Crippen LogP contribution in [-0.4, -0.2) is 14.5 Å². The van der Waals surface area contributed by atoms with Gasteiger partial charge in [-0.1, -0.05) is 32.4 Å². The Morgan fingerprint density at radius 1 is 1.25 bits per heavy atom. The molecular formula is C15H22N2O2S. The molecule has 1 rings (SSSR count). The second-order valence-electron chi connectivity index (χ2n) is 5.34. The van der Waals surface area contributed by atoms with E-state index < -0.39 is 10.0 Å². The Hall–Kier alpha value is -1.38. The fourth-order valence-corrected chi connectivity index (χ4v) is 3.49. The fraction of sp³-hybridized carbons (Fsp3) is 0.533. The zero-order chi connectivity index (χ0) is 15.2. The molecule has 0 bridgehead atoms. The molecule has 0 aromatic heterocycles. The maximum atomic E-state index is 12.1. The van der Waals surface area contributed by atoms with Gasteiger partial charge in [-0.25, -0.2) is 13.1 Å². The molecular weight excluding hydrogens is 272 g/mol. The normalized spacial score (nSPS) is 14.5. The monoisotopic (exact) mass is 294 g/mol. The number of rotatable bonds is 7. The van der Waals surface area contributed by atoms with Gasteiger partial charge in [0.1, 0.15) is 0 Å². The molecule has 110 valence electrons. The zero-order valence-electron chi connectivity index (χ0n) is 12.3. The molecule has 0 saturated heterocycles. The Balaban J connectivity index is 2.62. The molecule has 0 amide bonds. The van der Waals surface area contributed by atoms with Gasteiger partial charge in [-0.05, 0) is 37.0 Å². The van der Waals surface area contributed by atoms with Crippen LogP contribution in [0.15, 0.2) is 24.3 Å². The molecule has 2 unspecified atom stereocenters. The number of benzene rings is 1. The molecule has 0 radical (unpaired) electrons. The highest BCUT2D eigenvalue weighted by Crippen LogP contribution is 2.12. The molecule has 2 atom stereocenters. The first-order valence-electron chi connectivity index (χ1n) is 6.85. The summed E-state index contributed by atoms with van der Waals surface area (Å²) in [6.45, 7) is 6.11. The SMILES string of the molecule is CCC(C)CC(C)NS(=O)(=O)Cc1ccc(C#N)cc1. The summed E-state index contributed by atoms with van der Waals surface area (Å²) in [7, 11) is -3.34. The van der Waals surface area contributed by atoms with Gasteiger partial charge in [-0.3, -0.25) is 0 Å². The minimum atomic E-state index is -3.34. The average molecular weight is 294 g/mol. The van der Waals surface area contributed by atoms with Gasteiger partial charge in [-0.15, -0.1) is 0 Å². The van der Waals surface area contributed by atoms with Crippen LogP contribution in [0.1, 0.15) is 44.7 Å². The molecule has 1 N–H and O–H groups in total. The maximum absolute atomic E-state index is 12.1. The number of sulfonamides is 1. The fourth-order valence-electron chi connectivity index (χ4n) is 2.06. The summed E-state index contributed by atoms with van der Waals surface area (Å²) in [6.07, 6.45) is 1.88. The van der Waals surface area contributed by atoms with Crippen LogP contribution >= 0.6 is 0 Å². The van der Waals surface area contributed by atoms with Crippen molar-refractivity contribution in [2.24, 2.45) is 5.92 Å². The van der Waals surface area contributed by atoms with Crippen molar-refractivity contribution < 1.29 is 8.42 Å². The number of nitrogens with zero attached hydrogens (tertiary/aromatic N) is 1. The molecule has 20 heavy (non-hydrogen) atoms. The minimum absolute atomic E-state index is 0.0520. The Labute approximate surface area is 121 Å². The van der Waals surface area contributed by atoms with E-state index >= 15 is 0 Å². The van der Waals surface area contributed by atoms with Crippen LogP contribution in [0.2, 0.25) is 0 Å². The summed E-state index contributed by atoms with van der Waals surface area (Å²) in [6, 6.07) is 8.57. The van der Waals surface area contributed by atoms with Gasteiger partial charge in [0.05, 0.1) is 17.4 Å². The third-order valence-electron chi connectivity index (χ3n) is 3.27. The quantitative estimate of drug-likeness (QED) is 0.840. The molecule has 0 fully saturated rings. The second-order valence-corrected chi connectivity index (χ2v) is 7.09. The Morgan fingerprint density at radius 3 is 2.35 bits per heavy atom. The van der Waals surface area contributed by atoms with E-state index in [-0.39, 0.29) is 11.8 Å². The number of nitrogens with one attached hydrogen (secondary N) is 1. The smallest absolute Gasteiger partial charge is 0.212 e. The van der Waals surface area contributed by atoms with Gasteiger partial charge in [0.25, 0.3) is 0 Å². The number of nitriles is 1. The molecule has 0 saturated carbocycles. The molecule has 0 aliphatic heterocycles. The summed E-state index contributed by atoms with van der Waals surface area (Å²) in [5.41, 5.74) is 1.22. The number of hydrogen-bond acceptors (Lipinski definition) is 3. The lowest BCUT2D eigenvalue weighted by Crippen LogP contribution is -2.34. The Bertz CT molecular complexity index is 559. The van der Waals surface area contributed by atoms with Crippen LogP contribution in [0, 0.1) is 17.2 Å². The summed E-state index contributed by atoms with van der Waals surface area (Å²) < 4.78 is 26.8. The van der Waals surface area contributed by atoms with Gasteiger partial charge in [0.15, 0.2) is 0 Å². The van der Waals surface area contributed by atoms with Crippen molar-refractivity contribution in [3.05, 3.63) is 35.4 Å². The summed E-state index contributed by atoms with van der Waals surface area (Å²) >= 11 is 0. The molecule has 4 nitrogen and oxygen atoms in total. The first-order chi connectivity index (χ1) is 9.36. The average Bonchev–Trinajstić information content (AvgIpc) is 2.38. The van der Waals surface area contributed by atoms with Crippen LogP contribution in [0.4, 0.5) is 0 Å². The lowest BCUT2D eigenvalue weighted by molar-refractivity contribution is 0.445. The molecule has 5 heteroatoms. The second kappa shape index (κ2) is 7.41. The van der Waals surface area contributed by atoms with E-state index in [4.69, 9.17) is 5.26 Å². The molecule has 0 aliphatic carbocycles. The molecule has 1 aromatic carbocycles. The van der Waals surface area contributed by atoms with Crippen molar-refractivity contribution in [2.45, 2.75) is 45.4 Å². The van der Waals surface area contributed by atoms with Crippen molar-refractivity contribution in [3.63, 3.8) is 0 Å². The zero-order valence-corrected chi connectivity index (χ0v) is 13.1. The van der Waals surface area contributed by atoms with Crippen LogP contribution in [0.5, 0.6) is 0 Å². The van der Waals surface area contributed by atoms with E-state index in [9.17, 15) is 8.42 Å².